The lowest BCUT2D eigenvalue weighted by Gasteiger charge is -2.34. The first kappa shape index (κ1) is 29.4. The lowest BCUT2D eigenvalue weighted by molar-refractivity contribution is -0.142. The number of nitrogens with one attached hydrogen (secondary N) is 2. The number of anilines is 1. The second kappa shape index (κ2) is 11.9. The maximum Gasteiger partial charge on any atom is 0.408 e. The van der Waals surface area contributed by atoms with Crippen molar-refractivity contribution in [3.63, 3.8) is 0 Å². The van der Waals surface area contributed by atoms with Crippen molar-refractivity contribution in [2.75, 3.05) is 5.32 Å². The standard InChI is InChI=1S/C31H36N4O6/c1-18-15-21(10-14-25(18)36)27(28(38)33-22-11-9-19-7-5-6-8-20(19)16-22)35(23-12-13-23)29(39)24(17-26(32)37)34-30(40)41-31(2,3)4/h5-11,14-16,23-24,27,36H,12-13,17H2,1-4H3,(H2,32,37)(H,33,38)(H,34,40). The van der Waals surface area contributed by atoms with Crippen LogP contribution >= 0.6 is 0 Å². The monoisotopic (exact) mass is 560 g/mol. The highest BCUT2D eigenvalue weighted by atomic mass is 16.6. The summed E-state index contributed by atoms with van der Waals surface area (Å²) >= 11 is 0. The van der Waals surface area contributed by atoms with Crippen LogP contribution in [0.25, 0.3) is 10.8 Å². The number of carbonyl (C=O) groups excluding carboxylic acids is 4. The van der Waals surface area contributed by atoms with Gasteiger partial charge in [-0.2, -0.15) is 0 Å². The molecule has 41 heavy (non-hydrogen) atoms. The molecule has 3 aromatic carbocycles. The van der Waals surface area contributed by atoms with Crippen molar-refractivity contribution >= 4 is 40.3 Å². The van der Waals surface area contributed by atoms with E-state index < -0.39 is 47.9 Å². The number of aryl methyl sites for hydroxylation is 1. The molecule has 216 valence electrons. The van der Waals surface area contributed by atoms with Crippen LogP contribution in [0.2, 0.25) is 0 Å². The van der Waals surface area contributed by atoms with Gasteiger partial charge in [0.05, 0.1) is 6.42 Å². The number of phenolic OH excluding ortho intramolecular Hbond substituents is 1. The highest BCUT2D eigenvalue weighted by molar-refractivity contribution is 6.01. The predicted octanol–water partition coefficient (Wildman–Crippen LogP) is 4.29. The predicted molar refractivity (Wildman–Crippen MR) is 155 cm³/mol. The molecule has 10 nitrogen and oxygen atoms in total. The van der Waals surface area contributed by atoms with Crippen molar-refractivity contribution in [2.24, 2.45) is 5.73 Å². The third-order valence-corrected chi connectivity index (χ3v) is 6.67. The van der Waals surface area contributed by atoms with E-state index in [1.54, 1.807) is 45.9 Å². The van der Waals surface area contributed by atoms with Gasteiger partial charge in [-0.1, -0.05) is 36.4 Å². The third-order valence-electron chi connectivity index (χ3n) is 6.67. The largest absolute Gasteiger partial charge is 0.508 e. The normalized spacial score (nSPS) is 14.5. The second-order valence-electron chi connectivity index (χ2n) is 11.3. The quantitative estimate of drug-likeness (QED) is 0.306. The van der Waals surface area contributed by atoms with Crippen molar-refractivity contribution < 1.29 is 29.0 Å². The lowest BCUT2D eigenvalue weighted by atomic mass is 9.99. The number of aromatic hydroxyl groups is 1. The Balaban J connectivity index is 1.71. The summed E-state index contributed by atoms with van der Waals surface area (Å²) in [5.74, 6) is -1.88. The molecule has 5 N–H and O–H groups in total. The number of ether oxygens (including phenoxy) is 1. The molecule has 4 rings (SSSR count). The summed E-state index contributed by atoms with van der Waals surface area (Å²) < 4.78 is 5.31. The first-order valence-corrected chi connectivity index (χ1v) is 13.5. The van der Waals surface area contributed by atoms with Gasteiger partial charge in [0.25, 0.3) is 5.91 Å². The number of benzene rings is 3. The van der Waals surface area contributed by atoms with Gasteiger partial charge in [-0.05, 0) is 86.7 Å². The van der Waals surface area contributed by atoms with Crippen LogP contribution in [0.5, 0.6) is 5.75 Å². The highest BCUT2D eigenvalue weighted by Gasteiger charge is 2.44. The smallest absolute Gasteiger partial charge is 0.408 e. The van der Waals surface area contributed by atoms with Crippen molar-refractivity contribution in [1.82, 2.24) is 10.2 Å². The fraction of sp³-hybridized carbons (Fsp3) is 0.355. The number of hydrogen-bond donors (Lipinski definition) is 4. The molecule has 2 unspecified atom stereocenters. The summed E-state index contributed by atoms with van der Waals surface area (Å²) in [4.78, 5) is 54.0. The average molecular weight is 561 g/mol. The number of primary amides is 1. The number of rotatable bonds is 9. The van der Waals surface area contributed by atoms with Crippen LogP contribution in [0, 0.1) is 6.92 Å². The highest BCUT2D eigenvalue weighted by Crippen LogP contribution is 2.37. The topological polar surface area (TPSA) is 151 Å². The number of nitrogens with two attached hydrogens (primary N) is 1. The molecule has 3 aromatic rings. The Bertz CT molecular complexity index is 1480. The van der Waals surface area contributed by atoms with Gasteiger partial charge in [0, 0.05) is 11.7 Å². The number of phenols is 1. The van der Waals surface area contributed by atoms with Gasteiger partial charge in [-0.15, -0.1) is 0 Å². The Morgan fingerprint density at radius 2 is 1.71 bits per heavy atom. The summed E-state index contributed by atoms with van der Waals surface area (Å²) in [7, 11) is 0. The molecule has 1 saturated carbocycles. The van der Waals surface area contributed by atoms with Gasteiger partial charge >= 0.3 is 6.09 Å². The van der Waals surface area contributed by atoms with Gasteiger partial charge in [-0.3, -0.25) is 14.4 Å². The first-order chi connectivity index (χ1) is 19.3. The van der Waals surface area contributed by atoms with Gasteiger partial charge in [0.2, 0.25) is 11.8 Å². The molecule has 0 spiro atoms. The second-order valence-corrected chi connectivity index (χ2v) is 11.3. The minimum atomic E-state index is -1.35. The number of fused-ring (bicyclic) bond motifs is 1. The zero-order valence-corrected chi connectivity index (χ0v) is 23.6. The van der Waals surface area contributed by atoms with E-state index in [9.17, 15) is 24.3 Å². The molecule has 1 fully saturated rings. The molecular weight excluding hydrogens is 524 g/mol. The maximum atomic E-state index is 14.1. The number of alkyl carbamates (subject to hydrolysis) is 1. The molecule has 10 heteroatoms. The lowest BCUT2D eigenvalue weighted by Crippen LogP contribution is -2.54. The zero-order valence-electron chi connectivity index (χ0n) is 23.6. The number of hydrogen-bond acceptors (Lipinski definition) is 6. The molecule has 1 aliphatic rings. The summed E-state index contributed by atoms with van der Waals surface area (Å²) in [6.07, 6.45) is -0.0867. The van der Waals surface area contributed by atoms with Gasteiger partial charge in [0.15, 0.2) is 0 Å². The molecule has 0 radical (unpaired) electrons. The van der Waals surface area contributed by atoms with Crippen molar-refractivity contribution in [2.45, 2.75) is 70.7 Å². The van der Waals surface area contributed by atoms with Gasteiger partial charge in [-0.25, -0.2) is 4.79 Å². The SMILES string of the molecule is Cc1cc(C(C(=O)Nc2ccc3ccccc3c2)N(C(=O)C(CC(N)=O)NC(=O)OC(C)(C)C)C2CC2)ccc1O. The number of amides is 4. The van der Waals surface area contributed by atoms with E-state index in [0.29, 0.717) is 29.7 Å². The van der Waals surface area contributed by atoms with Crippen LogP contribution in [0.4, 0.5) is 10.5 Å². The van der Waals surface area contributed by atoms with Crippen molar-refractivity contribution in [3.05, 3.63) is 71.8 Å². The van der Waals surface area contributed by atoms with Gasteiger partial charge in [0.1, 0.15) is 23.4 Å². The van der Waals surface area contributed by atoms with Crippen LogP contribution in [0.3, 0.4) is 0 Å². The molecule has 0 saturated heterocycles. The molecule has 4 amide bonds. The Kier molecular flexibility index (Phi) is 8.51. The first-order valence-electron chi connectivity index (χ1n) is 13.5. The summed E-state index contributed by atoms with van der Waals surface area (Å²) in [5, 5.41) is 17.5. The Morgan fingerprint density at radius 1 is 1.02 bits per heavy atom. The summed E-state index contributed by atoms with van der Waals surface area (Å²) in [6, 6.07) is 15.2. The van der Waals surface area contributed by atoms with E-state index in [0.717, 1.165) is 10.8 Å². The fourth-order valence-electron chi connectivity index (χ4n) is 4.67. The molecule has 2 atom stereocenters. The van der Waals surface area contributed by atoms with Crippen LogP contribution in [0.1, 0.15) is 57.2 Å². The van der Waals surface area contributed by atoms with Crippen molar-refractivity contribution in [3.8, 4) is 5.75 Å². The molecule has 0 heterocycles. The molecule has 1 aliphatic carbocycles. The Morgan fingerprint density at radius 3 is 2.32 bits per heavy atom. The Labute approximate surface area is 238 Å². The van der Waals surface area contributed by atoms with E-state index in [-0.39, 0.29) is 11.8 Å². The zero-order chi connectivity index (χ0) is 29.9. The molecule has 0 aromatic heterocycles. The van der Waals surface area contributed by atoms with Gasteiger partial charge < -0.3 is 31.1 Å². The Hall–Kier alpha value is -4.60. The summed E-state index contributed by atoms with van der Waals surface area (Å²) in [5.41, 5.74) is 6.14. The maximum absolute atomic E-state index is 14.1. The minimum Gasteiger partial charge on any atom is -0.508 e. The van der Waals surface area contributed by atoms with Crippen LogP contribution < -0.4 is 16.4 Å². The third kappa shape index (κ3) is 7.53. The van der Waals surface area contributed by atoms with Crippen LogP contribution in [0.15, 0.2) is 60.7 Å². The average Bonchev–Trinajstić information content (AvgIpc) is 3.72. The van der Waals surface area contributed by atoms with E-state index in [4.69, 9.17) is 10.5 Å². The molecule has 0 aliphatic heterocycles. The van der Waals surface area contributed by atoms with Crippen LogP contribution in [-0.2, 0) is 19.1 Å². The summed E-state index contributed by atoms with van der Waals surface area (Å²) in [6.45, 7) is 6.72. The fourth-order valence-corrected chi connectivity index (χ4v) is 4.67. The molecular formula is C31H36N4O6. The molecule has 0 bridgehead atoms. The van der Waals surface area contributed by atoms with E-state index in [2.05, 4.69) is 10.6 Å². The minimum absolute atomic E-state index is 0.0462. The number of nitrogens with zero attached hydrogens (tertiary/aromatic N) is 1. The van der Waals surface area contributed by atoms with Crippen molar-refractivity contribution in [1.29, 1.82) is 0 Å². The van der Waals surface area contributed by atoms with Crippen LogP contribution in [-0.4, -0.2) is 51.5 Å². The van der Waals surface area contributed by atoms with E-state index in [1.807, 2.05) is 36.4 Å². The van der Waals surface area contributed by atoms with E-state index >= 15 is 0 Å². The number of carbonyl (C=O) groups is 4. The van der Waals surface area contributed by atoms with E-state index in [1.165, 1.54) is 11.0 Å².